The Morgan fingerprint density at radius 2 is 2.38 bits per heavy atom. The van der Waals surface area contributed by atoms with E-state index in [-0.39, 0.29) is 5.91 Å². The maximum Gasteiger partial charge on any atom is 0.272 e. The number of hydrazone groups is 1. The van der Waals surface area contributed by atoms with Crippen molar-refractivity contribution in [3.05, 3.63) is 42.7 Å². The minimum Gasteiger partial charge on any atom is -0.267 e. The van der Waals surface area contributed by atoms with Crippen LogP contribution in [0.3, 0.4) is 0 Å². The van der Waals surface area contributed by atoms with Crippen LogP contribution in [0.5, 0.6) is 0 Å². The average molecular weight is 339 g/mol. The van der Waals surface area contributed by atoms with E-state index in [4.69, 9.17) is 11.6 Å². The van der Waals surface area contributed by atoms with Crippen LogP contribution in [0.25, 0.3) is 0 Å². The molecule has 2 heterocycles. The van der Waals surface area contributed by atoms with Gasteiger partial charge in [0, 0.05) is 15.1 Å². The molecule has 0 saturated carbocycles. The molecule has 0 bridgehead atoms. The second-order valence-corrected chi connectivity index (χ2v) is 7.95. The summed E-state index contributed by atoms with van der Waals surface area (Å²) in [7, 11) is 0. The molecule has 0 radical (unpaired) electrons. The number of thiophene rings is 2. The highest BCUT2D eigenvalue weighted by Crippen LogP contribution is 2.32. The van der Waals surface area contributed by atoms with Gasteiger partial charge in [-0.15, -0.1) is 22.7 Å². The van der Waals surface area contributed by atoms with Crippen LogP contribution in [0.4, 0.5) is 0 Å². The van der Waals surface area contributed by atoms with Crippen LogP contribution in [-0.4, -0.2) is 12.1 Å². The first kappa shape index (κ1) is 14.8. The van der Waals surface area contributed by atoms with Crippen molar-refractivity contribution in [2.24, 2.45) is 11.0 Å². The number of rotatable bonds is 3. The predicted molar refractivity (Wildman–Crippen MR) is 89.9 cm³/mol. The van der Waals surface area contributed by atoms with Gasteiger partial charge in [0.05, 0.1) is 16.1 Å². The van der Waals surface area contributed by atoms with Gasteiger partial charge in [-0.05, 0) is 42.9 Å². The van der Waals surface area contributed by atoms with Crippen molar-refractivity contribution in [1.82, 2.24) is 5.43 Å². The van der Waals surface area contributed by atoms with Gasteiger partial charge in [0.25, 0.3) is 5.91 Å². The van der Waals surface area contributed by atoms with E-state index in [1.165, 1.54) is 21.8 Å². The number of hydrogen-bond acceptors (Lipinski definition) is 4. The molecule has 21 heavy (non-hydrogen) atoms. The van der Waals surface area contributed by atoms with Crippen LogP contribution < -0.4 is 5.43 Å². The smallest absolute Gasteiger partial charge is 0.267 e. The number of hydrogen-bond donors (Lipinski definition) is 1. The quantitative estimate of drug-likeness (QED) is 0.656. The van der Waals surface area contributed by atoms with Crippen LogP contribution in [0, 0.1) is 5.92 Å². The Kier molecular flexibility index (Phi) is 4.42. The lowest BCUT2D eigenvalue weighted by Crippen LogP contribution is -2.20. The highest BCUT2D eigenvalue weighted by molar-refractivity contribution is 7.17. The van der Waals surface area contributed by atoms with Gasteiger partial charge in [0.15, 0.2) is 0 Å². The van der Waals surface area contributed by atoms with Gasteiger partial charge in [-0.25, -0.2) is 5.43 Å². The lowest BCUT2D eigenvalue weighted by Gasteiger charge is -2.18. The Bertz CT molecular complexity index is 690. The zero-order chi connectivity index (χ0) is 14.8. The van der Waals surface area contributed by atoms with E-state index in [1.807, 2.05) is 17.5 Å². The molecule has 1 aliphatic rings. The van der Waals surface area contributed by atoms with Crippen LogP contribution in [-0.2, 0) is 12.8 Å². The number of amides is 1. The molecular formula is C15H15ClN2OS2. The van der Waals surface area contributed by atoms with Crippen LogP contribution in [0.2, 0.25) is 4.34 Å². The number of nitrogens with zero attached hydrogens (tertiary/aromatic N) is 1. The van der Waals surface area contributed by atoms with Gasteiger partial charge in [0.1, 0.15) is 0 Å². The van der Waals surface area contributed by atoms with Crippen molar-refractivity contribution in [1.29, 1.82) is 0 Å². The first-order chi connectivity index (χ1) is 10.1. The molecule has 3 rings (SSSR count). The Labute approximate surface area is 136 Å². The molecule has 2 aromatic heterocycles. The topological polar surface area (TPSA) is 41.5 Å². The van der Waals surface area contributed by atoms with E-state index < -0.39 is 0 Å². The molecular weight excluding hydrogens is 324 g/mol. The van der Waals surface area contributed by atoms with E-state index in [0.29, 0.717) is 10.3 Å². The maximum absolute atomic E-state index is 12.2. The lowest BCUT2D eigenvalue weighted by atomic mass is 9.88. The SMILES string of the molecule is CC1CCc2c(C(=O)N/N=C/c3ccc(Cl)s3)csc2C1. The van der Waals surface area contributed by atoms with Crippen molar-refractivity contribution in [3.8, 4) is 0 Å². The number of carbonyl (C=O) groups is 1. The standard InChI is InChI=1S/C15H15ClN2OS2/c1-9-2-4-11-12(8-20-13(11)6-9)15(19)18-17-7-10-3-5-14(16)21-10/h3,5,7-9H,2,4,6H2,1H3,(H,18,19)/b17-7+. The molecule has 2 aromatic rings. The number of halogens is 1. The number of nitrogens with one attached hydrogen (secondary N) is 1. The first-order valence-corrected chi connectivity index (χ1v) is 8.89. The zero-order valence-electron chi connectivity index (χ0n) is 11.6. The molecule has 0 spiro atoms. The fraction of sp³-hybridized carbons (Fsp3) is 0.333. The van der Waals surface area contributed by atoms with E-state index in [1.54, 1.807) is 17.6 Å². The summed E-state index contributed by atoms with van der Waals surface area (Å²) in [5.74, 6) is 0.592. The molecule has 1 amide bonds. The summed E-state index contributed by atoms with van der Waals surface area (Å²) >= 11 is 8.96. The minimum absolute atomic E-state index is 0.124. The van der Waals surface area contributed by atoms with E-state index >= 15 is 0 Å². The van der Waals surface area contributed by atoms with Crippen molar-refractivity contribution in [2.75, 3.05) is 0 Å². The monoisotopic (exact) mass is 338 g/mol. The third kappa shape index (κ3) is 3.36. The molecule has 1 atom stereocenters. The molecule has 6 heteroatoms. The van der Waals surface area contributed by atoms with Crippen LogP contribution >= 0.6 is 34.3 Å². The van der Waals surface area contributed by atoms with Crippen molar-refractivity contribution in [2.45, 2.75) is 26.2 Å². The van der Waals surface area contributed by atoms with Crippen LogP contribution in [0.15, 0.2) is 22.6 Å². The Morgan fingerprint density at radius 3 is 3.14 bits per heavy atom. The third-order valence-corrected chi connectivity index (χ3v) is 5.82. The summed E-state index contributed by atoms with van der Waals surface area (Å²) < 4.78 is 0.712. The zero-order valence-corrected chi connectivity index (χ0v) is 13.9. The highest BCUT2D eigenvalue weighted by Gasteiger charge is 2.22. The molecule has 0 aromatic carbocycles. The van der Waals surface area contributed by atoms with Gasteiger partial charge < -0.3 is 0 Å². The summed E-state index contributed by atoms with van der Waals surface area (Å²) in [4.78, 5) is 14.5. The Hall–Kier alpha value is -1.17. The predicted octanol–water partition coefficient (Wildman–Crippen LogP) is 4.35. The largest absolute Gasteiger partial charge is 0.272 e. The van der Waals surface area contributed by atoms with Gasteiger partial charge in [0.2, 0.25) is 0 Å². The number of carbonyl (C=O) groups excluding carboxylic acids is 1. The van der Waals surface area contributed by atoms with Gasteiger partial charge in [-0.2, -0.15) is 5.10 Å². The molecule has 1 N–H and O–H groups in total. The average Bonchev–Trinajstić information content (AvgIpc) is 3.04. The molecule has 0 fully saturated rings. The maximum atomic E-state index is 12.2. The summed E-state index contributed by atoms with van der Waals surface area (Å²) in [5, 5.41) is 5.96. The highest BCUT2D eigenvalue weighted by atomic mass is 35.5. The van der Waals surface area contributed by atoms with Crippen molar-refractivity contribution < 1.29 is 4.79 Å². The normalized spacial score (nSPS) is 17.9. The van der Waals surface area contributed by atoms with Crippen molar-refractivity contribution in [3.63, 3.8) is 0 Å². The van der Waals surface area contributed by atoms with Gasteiger partial charge in [-0.1, -0.05) is 18.5 Å². The number of fused-ring (bicyclic) bond motifs is 1. The molecule has 0 aliphatic heterocycles. The van der Waals surface area contributed by atoms with Crippen molar-refractivity contribution >= 4 is 46.4 Å². The van der Waals surface area contributed by atoms with E-state index in [9.17, 15) is 4.79 Å². The van der Waals surface area contributed by atoms with E-state index in [0.717, 1.165) is 29.7 Å². The Balaban J connectivity index is 1.67. The second-order valence-electron chi connectivity index (χ2n) is 5.24. The molecule has 3 nitrogen and oxygen atoms in total. The fourth-order valence-corrected chi connectivity index (χ4v) is 4.66. The molecule has 1 aliphatic carbocycles. The minimum atomic E-state index is -0.124. The summed E-state index contributed by atoms with van der Waals surface area (Å²) in [6.07, 6.45) is 4.85. The first-order valence-electron chi connectivity index (χ1n) is 6.81. The molecule has 0 saturated heterocycles. The second kappa shape index (κ2) is 6.30. The van der Waals surface area contributed by atoms with Gasteiger partial charge >= 0.3 is 0 Å². The summed E-state index contributed by atoms with van der Waals surface area (Å²) in [6.45, 7) is 2.26. The summed E-state index contributed by atoms with van der Waals surface area (Å²) in [5.41, 5.74) is 4.60. The molecule has 110 valence electrons. The third-order valence-electron chi connectivity index (χ3n) is 3.60. The Morgan fingerprint density at radius 1 is 1.52 bits per heavy atom. The molecule has 1 unspecified atom stereocenters. The lowest BCUT2D eigenvalue weighted by molar-refractivity contribution is 0.0954. The van der Waals surface area contributed by atoms with E-state index in [2.05, 4.69) is 17.5 Å². The van der Waals surface area contributed by atoms with Gasteiger partial charge in [-0.3, -0.25) is 4.79 Å². The van der Waals surface area contributed by atoms with Crippen LogP contribution in [0.1, 0.15) is 39.0 Å². The fourth-order valence-electron chi connectivity index (χ4n) is 2.48. The summed E-state index contributed by atoms with van der Waals surface area (Å²) in [6, 6.07) is 3.68.